The lowest BCUT2D eigenvalue weighted by molar-refractivity contribution is 0.0929. The first-order valence-corrected chi connectivity index (χ1v) is 11.5. The molecular formula is C17H21N5O5S2. The summed E-state index contributed by atoms with van der Waals surface area (Å²) in [6.07, 6.45) is 4.48. The average Bonchev–Trinajstić information content (AvgIpc) is 3.10. The van der Waals surface area contributed by atoms with Crippen molar-refractivity contribution in [3.8, 4) is 11.8 Å². The number of thiazole rings is 1. The molecule has 0 aliphatic carbocycles. The standard InChI is InChI=1S/C17H21N5O5S2/c1-3-4-5-11(6-12-10(7-18)8-19-16(25)14(12)23)20-15(24)13-9-28-17(21-13)22-29(2,26)27/h8-9,11,23H,3-6H2,1-2H3,(H,19,25)(H,20,24)(H,21,22). The lowest BCUT2D eigenvalue weighted by Crippen LogP contribution is -2.37. The van der Waals surface area contributed by atoms with E-state index in [2.05, 4.69) is 20.0 Å². The van der Waals surface area contributed by atoms with E-state index in [1.165, 1.54) is 11.6 Å². The largest absolute Gasteiger partial charge is 0.503 e. The smallest absolute Gasteiger partial charge is 0.290 e. The van der Waals surface area contributed by atoms with Gasteiger partial charge in [-0.05, 0) is 12.8 Å². The predicted molar refractivity (Wildman–Crippen MR) is 109 cm³/mol. The number of sulfonamides is 1. The van der Waals surface area contributed by atoms with Crippen molar-refractivity contribution in [2.45, 2.75) is 38.6 Å². The Hall–Kier alpha value is -2.91. The molecule has 12 heteroatoms. The summed E-state index contributed by atoms with van der Waals surface area (Å²) < 4.78 is 24.8. The van der Waals surface area contributed by atoms with E-state index in [1.54, 1.807) is 0 Å². The van der Waals surface area contributed by atoms with E-state index >= 15 is 0 Å². The second-order valence-corrected chi connectivity index (χ2v) is 9.01. The van der Waals surface area contributed by atoms with Gasteiger partial charge in [-0.25, -0.2) is 13.4 Å². The molecule has 2 heterocycles. The van der Waals surface area contributed by atoms with Gasteiger partial charge in [-0.3, -0.25) is 14.3 Å². The molecule has 10 nitrogen and oxygen atoms in total. The maximum Gasteiger partial charge on any atom is 0.290 e. The average molecular weight is 440 g/mol. The molecule has 0 radical (unpaired) electrons. The Labute approximate surface area is 171 Å². The van der Waals surface area contributed by atoms with Gasteiger partial charge in [0, 0.05) is 23.2 Å². The number of rotatable bonds is 9. The molecule has 0 spiro atoms. The zero-order valence-electron chi connectivity index (χ0n) is 15.9. The van der Waals surface area contributed by atoms with Gasteiger partial charge in [0.1, 0.15) is 11.8 Å². The fourth-order valence-electron chi connectivity index (χ4n) is 2.63. The van der Waals surface area contributed by atoms with Crippen LogP contribution in [0.1, 0.15) is 47.8 Å². The van der Waals surface area contributed by atoms with Gasteiger partial charge in [0.2, 0.25) is 10.0 Å². The Morgan fingerprint density at radius 2 is 2.21 bits per heavy atom. The van der Waals surface area contributed by atoms with Gasteiger partial charge >= 0.3 is 0 Å². The molecule has 1 unspecified atom stereocenters. The number of carbonyl (C=O) groups is 1. The zero-order valence-corrected chi connectivity index (χ0v) is 17.5. The number of aromatic amines is 1. The zero-order chi connectivity index (χ0) is 21.6. The first-order valence-electron chi connectivity index (χ1n) is 8.72. The SMILES string of the molecule is CCCCC(Cc1c(C#N)c[nH]c(=O)c1O)NC(=O)c1csc(NS(C)(=O)=O)n1. The van der Waals surface area contributed by atoms with Gasteiger partial charge in [-0.1, -0.05) is 19.8 Å². The number of H-pyrrole nitrogens is 1. The van der Waals surface area contributed by atoms with E-state index in [9.17, 15) is 28.4 Å². The maximum atomic E-state index is 12.6. The number of aromatic hydroxyl groups is 1. The minimum atomic E-state index is -3.51. The van der Waals surface area contributed by atoms with Crippen LogP contribution in [0.5, 0.6) is 5.75 Å². The van der Waals surface area contributed by atoms with E-state index in [4.69, 9.17) is 0 Å². The molecule has 0 aromatic carbocycles. The molecule has 2 aromatic heterocycles. The van der Waals surface area contributed by atoms with Crippen LogP contribution in [0.25, 0.3) is 0 Å². The summed E-state index contributed by atoms with van der Waals surface area (Å²) in [5.41, 5.74) is -0.393. The quantitative estimate of drug-likeness (QED) is 0.457. The Morgan fingerprint density at radius 1 is 1.48 bits per heavy atom. The molecule has 0 aliphatic rings. The van der Waals surface area contributed by atoms with Crippen LogP contribution in [0.3, 0.4) is 0 Å². The highest BCUT2D eigenvalue weighted by molar-refractivity contribution is 7.92. The monoisotopic (exact) mass is 439 g/mol. The van der Waals surface area contributed by atoms with Crippen molar-refractivity contribution in [3.63, 3.8) is 0 Å². The molecule has 0 fully saturated rings. The highest BCUT2D eigenvalue weighted by atomic mass is 32.2. The third kappa shape index (κ3) is 6.30. The van der Waals surface area contributed by atoms with Crippen LogP contribution in [0.2, 0.25) is 0 Å². The molecule has 2 aromatic rings. The fourth-order valence-corrected chi connectivity index (χ4v) is 4.17. The van der Waals surface area contributed by atoms with Crippen molar-refractivity contribution in [1.29, 1.82) is 5.26 Å². The predicted octanol–water partition coefficient (Wildman–Crippen LogP) is 1.31. The number of nitriles is 1. The number of aromatic nitrogens is 2. The third-order valence-electron chi connectivity index (χ3n) is 4.00. The van der Waals surface area contributed by atoms with Crippen LogP contribution < -0.4 is 15.6 Å². The van der Waals surface area contributed by atoms with Crippen LogP contribution in [0.4, 0.5) is 5.13 Å². The third-order valence-corrected chi connectivity index (χ3v) is 5.45. The molecular weight excluding hydrogens is 418 g/mol. The maximum absolute atomic E-state index is 12.6. The number of nitrogens with one attached hydrogen (secondary N) is 3. The number of unbranched alkanes of at least 4 members (excludes halogenated alkanes) is 1. The molecule has 0 bridgehead atoms. The van der Waals surface area contributed by atoms with Crippen LogP contribution in [-0.2, 0) is 16.4 Å². The highest BCUT2D eigenvalue weighted by Gasteiger charge is 2.21. The van der Waals surface area contributed by atoms with Gasteiger partial charge < -0.3 is 15.4 Å². The minimum absolute atomic E-state index is 0.0401. The fraction of sp³-hybridized carbons (Fsp3) is 0.412. The van der Waals surface area contributed by atoms with Crippen LogP contribution in [0.15, 0.2) is 16.4 Å². The number of hydrogen-bond acceptors (Lipinski definition) is 8. The van der Waals surface area contributed by atoms with Crippen molar-refractivity contribution in [2.24, 2.45) is 0 Å². The van der Waals surface area contributed by atoms with Crippen molar-refractivity contribution in [2.75, 3.05) is 11.0 Å². The lowest BCUT2D eigenvalue weighted by Gasteiger charge is -2.19. The molecule has 29 heavy (non-hydrogen) atoms. The van der Waals surface area contributed by atoms with E-state index in [1.807, 2.05) is 13.0 Å². The normalized spacial score (nSPS) is 12.2. The van der Waals surface area contributed by atoms with Crippen molar-refractivity contribution in [3.05, 3.63) is 38.8 Å². The topological polar surface area (TPSA) is 165 Å². The van der Waals surface area contributed by atoms with Gasteiger partial charge in [-0.15, -0.1) is 11.3 Å². The Bertz CT molecular complexity index is 1080. The van der Waals surface area contributed by atoms with Crippen LogP contribution in [0, 0.1) is 11.3 Å². The van der Waals surface area contributed by atoms with Gasteiger partial charge in [0.25, 0.3) is 11.5 Å². The number of hydrogen-bond donors (Lipinski definition) is 4. The summed E-state index contributed by atoms with van der Waals surface area (Å²) in [5, 5.41) is 23.6. The van der Waals surface area contributed by atoms with Crippen molar-refractivity contribution >= 4 is 32.4 Å². The summed E-state index contributed by atoms with van der Waals surface area (Å²) in [6.45, 7) is 1.98. The summed E-state index contributed by atoms with van der Waals surface area (Å²) in [6, 6.07) is 1.45. The number of nitrogens with zero attached hydrogens (tertiary/aromatic N) is 2. The number of pyridine rings is 1. The van der Waals surface area contributed by atoms with E-state index in [0.29, 0.717) is 6.42 Å². The Morgan fingerprint density at radius 3 is 2.83 bits per heavy atom. The molecule has 0 saturated heterocycles. The Balaban J connectivity index is 2.22. The molecule has 156 valence electrons. The van der Waals surface area contributed by atoms with E-state index in [-0.39, 0.29) is 28.4 Å². The van der Waals surface area contributed by atoms with Crippen LogP contribution in [-0.4, -0.2) is 41.7 Å². The number of carbonyl (C=O) groups excluding carboxylic acids is 1. The molecule has 1 amide bonds. The van der Waals surface area contributed by atoms with Crippen LogP contribution >= 0.6 is 11.3 Å². The highest BCUT2D eigenvalue weighted by Crippen LogP contribution is 2.21. The van der Waals surface area contributed by atoms with E-state index in [0.717, 1.165) is 30.4 Å². The summed E-state index contributed by atoms with van der Waals surface area (Å²) in [5.74, 6) is -1.07. The first kappa shape index (κ1) is 22.4. The molecule has 1 atom stereocenters. The van der Waals surface area contributed by atoms with Crippen molar-refractivity contribution < 1.29 is 18.3 Å². The van der Waals surface area contributed by atoms with E-state index < -0.39 is 33.3 Å². The van der Waals surface area contributed by atoms with Gasteiger partial charge in [0.05, 0.1) is 11.8 Å². The van der Waals surface area contributed by atoms with Gasteiger partial charge in [-0.2, -0.15) is 5.26 Å². The summed E-state index contributed by atoms with van der Waals surface area (Å²) >= 11 is 0.973. The molecule has 0 aliphatic heterocycles. The number of amides is 1. The second-order valence-electron chi connectivity index (χ2n) is 6.40. The Kier molecular flexibility index (Phi) is 7.35. The summed E-state index contributed by atoms with van der Waals surface area (Å²) in [7, 11) is -3.51. The minimum Gasteiger partial charge on any atom is -0.503 e. The van der Waals surface area contributed by atoms with Crippen molar-refractivity contribution in [1.82, 2.24) is 15.3 Å². The molecule has 0 saturated carbocycles. The lowest BCUT2D eigenvalue weighted by atomic mass is 9.98. The molecule has 4 N–H and O–H groups in total. The first-order chi connectivity index (χ1) is 13.6. The van der Waals surface area contributed by atoms with Gasteiger partial charge in [0.15, 0.2) is 10.9 Å². The number of anilines is 1. The molecule has 2 rings (SSSR count). The summed E-state index contributed by atoms with van der Waals surface area (Å²) in [4.78, 5) is 30.5. The second kappa shape index (κ2) is 9.53.